The number of benzene rings is 1. The average molecular weight is 468 g/mol. The van der Waals surface area contributed by atoms with Gasteiger partial charge >= 0.3 is 6.36 Å². The molecule has 0 aliphatic carbocycles. The molecule has 0 amide bonds. The topological polar surface area (TPSA) is 24.5 Å². The van der Waals surface area contributed by atoms with Crippen LogP contribution < -0.4 is 10.1 Å². The van der Waals surface area contributed by atoms with Crippen LogP contribution in [0.15, 0.2) is 22.7 Å². The quantitative estimate of drug-likeness (QED) is 0.645. The highest BCUT2D eigenvalue weighted by molar-refractivity contribution is 9.10. The van der Waals surface area contributed by atoms with Crippen molar-refractivity contribution in [2.24, 2.45) is 5.92 Å². The van der Waals surface area contributed by atoms with Gasteiger partial charge in [-0.3, -0.25) is 4.90 Å². The predicted molar refractivity (Wildman–Crippen MR) is 102 cm³/mol. The van der Waals surface area contributed by atoms with Crippen molar-refractivity contribution in [2.75, 3.05) is 26.2 Å². The third-order valence-corrected chi connectivity index (χ3v) is 4.34. The number of nitrogens with one attached hydrogen (secondary N) is 1. The Balaban J connectivity index is 0.00000288. The first-order valence-electron chi connectivity index (χ1n) is 7.76. The lowest BCUT2D eigenvalue weighted by Gasteiger charge is -2.37. The van der Waals surface area contributed by atoms with Crippen LogP contribution in [0.3, 0.4) is 0 Å². The highest BCUT2D eigenvalue weighted by Gasteiger charge is 2.34. The van der Waals surface area contributed by atoms with E-state index in [1.54, 1.807) is 12.1 Å². The van der Waals surface area contributed by atoms with Gasteiger partial charge in [-0.25, -0.2) is 0 Å². The van der Waals surface area contributed by atoms with Crippen molar-refractivity contribution in [3.05, 3.63) is 28.2 Å². The fourth-order valence-corrected chi connectivity index (χ4v) is 3.29. The molecule has 146 valence electrons. The van der Waals surface area contributed by atoms with Crippen LogP contribution in [-0.4, -0.2) is 37.4 Å². The number of ether oxygens (including phenoxy) is 1. The van der Waals surface area contributed by atoms with Gasteiger partial charge in [-0.15, -0.1) is 38.0 Å². The zero-order valence-corrected chi connectivity index (χ0v) is 17.3. The van der Waals surface area contributed by atoms with Gasteiger partial charge in [-0.1, -0.05) is 29.8 Å². The number of rotatable bonds is 5. The molecule has 0 radical (unpaired) electrons. The van der Waals surface area contributed by atoms with Crippen molar-refractivity contribution in [3.8, 4) is 5.75 Å². The van der Waals surface area contributed by atoms with E-state index in [1.807, 2.05) is 0 Å². The van der Waals surface area contributed by atoms with Crippen LogP contribution >= 0.6 is 40.7 Å². The lowest BCUT2D eigenvalue weighted by Crippen LogP contribution is -2.45. The van der Waals surface area contributed by atoms with E-state index < -0.39 is 6.36 Å². The standard InChI is InChI=1S/C16H22BrF3N2O.2ClH/c1-11(2)9-14(22-7-5-21-6-8-22)13-10-12(17)3-4-15(13)23-16(18,19)20;;/h3-4,10-11,14,21H,5-9H2,1-2H3;2*1H/t14-;;/m0../s1. The molecule has 1 aromatic rings. The Hall–Kier alpha value is -0.210. The maximum absolute atomic E-state index is 12.7. The van der Waals surface area contributed by atoms with Crippen molar-refractivity contribution < 1.29 is 17.9 Å². The summed E-state index contributed by atoms with van der Waals surface area (Å²) in [6.07, 6.45) is -3.90. The minimum atomic E-state index is -4.69. The van der Waals surface area contributed by atoms with Crippen LogP contribution in [0.4, 0.5) is 13.2 Å². The minimum absolute atomic E-state index is 0. The first kappa shape index (κ1) is 24.8. The molecule has 25 heavy (non-hydrogen) atoms. The SMILES string of the molecule is CC(C)C[C@@H](c1cc(Br)ccc1OC(F)(F)F)N1CCNCC1.Cl.Cl. The summed E-state index contributed by atoms with van der Waals surface area (Å²) in [6, 6.07) is 4.62. The summed E-state index contributed by atoms with van der Waals surface area (Å²) >= 11 is 3.37. The van der Waals surface area contributed by atoms with Crippen LogP contribution in [0.2, 0.25) is 0 Å². The Bertz CT molecular complexity index is 527. The molecule has 0 saturated carbocycles. The molecule has 1 fully saturated rings. The van der Waals surface area contributed by atoms with Crippen LogP contribution in [0, 0.1) is 5.92 Å². The molecular formula is C16H24BrCl2F3N2O. The first-order valence-corrected chi connectivity index (χ1v) is 8.55. The van der Waals surface area contributed by atoms with Gasteiger partial charge in [-0.05, 0) is 30.5 Å². The van der Waals surface area contributed by atoms with Crippen LogP contribution in [0.25, 0.3) is 0 Å². The molecule has 1 saturated heterocycles. The number of halogens is 6. The van der Waals surface area contributed by atoms with E-state index in [0.717, 1.165) is 37.1 Å². The van der Waals surface area contributed by atoms with Gasteiger partial charge < -0.3 is 10.1 Å². The normalized spacial score (nSPS) is 16.8. The Morgan fingerprint density at radius 3 is 2.32 bits per heavy atom. The van der Waals surface area contributed by atoms with E-state index in [-0.39, 0.29) is 36.6 Å². The second-order valence-electron chi connectivity index (χ2n) is 6.16. The van der Waals surface area contributed by atoms with Crippen molar-refractivity contribution >= 4 is 40.7 Å². The lowest BCUT2D eigenvalue weighted by atomic mass is 9.94. The molecule has 1 N–H and O–H groups in total. The largest absolute Gasteiger partial charge is 0.573 e. The summed E-state index contributed by atoms with van der Waals surface area (Å²) in [7, 11) is 0. The van der Waals surface area contributed by atoms with E-state index in [0.29, 0.717) is 11.5 Å². The summed E-state index contributed by atoms with van der Waals surface area (Å²) in [5, 5.41) is 3.28. The van der Waals surface area contributed by atoms with Crippen molar-refractivity contribution in [1.82, 2.24) is 10.2 Å². The van der Waals surface area contributed by atoms with Gasteiger partial charge in [0.15, 0.2) is 0 Å². The number of hydrogen-bond acceptors (Lipinski definition) is 3. The molecular weight excluding hydrogens is 444 g/mol. The van der Waals surface area contributed by atoms with E-state index in [1.165, 1.54) is 6.07 Å². The van der Waals surface area contributed by atoms with Crippen molar-refractivity contribution in [3.63, 3.8) is 0 Å². The van der Waals surface area contributed by atoms with E-state index in [9.17, 15) is 13.2 Å². The lowest BCUT2D eigenvalue weighted by molar-refractivity contribution is -0.275. The number of hydrogen-bond donors (Lipinski definition) is 1. The third-order valence-electron chi connectivity index (χ3n) is 3.84. The molecule has 9 heteroatoms. The highest BCUT2D eigenvalue weighted by atomic mass is 79.9. The second kappa shape index (κ2) is 10.8. The van der Waals surface area contributed by atoms with Gasteiger partial charge in [0.1, 0.15) is 5.75 Å². The van der Waals surface area contributed by atoms with Gasteiger partial charge in [0, 0.05) is 42.3 Å². The molecule has 1 aliphatic heterocycles. The van der Waals surface area contributed by atoms with Crippen LogP contribution in [-0.2, 0) is 0 Å². The zero-order chi connectivity index (χ0) is 17.0. The highest BCUT2D eigenvalue weighted by Crippen LogP contribution is 2.38. The molecule has 1 aromatic carbocycles. The molecule has 1 aliphatic rings. The zero-order valence-electron chi connectivity index (χ0n) is 14.1. The Morgan fingerprint density at radius 2 is 1.80 bits per heavy atom. The molecule has 1 heterocycles. The number of piperazine rings is 1. The van der Waals surface area contributed by atoms with E-state index in [2.05, 4.69) is 44.7 Å². The van der Waals surface area contributed by atoms with E-state index >= 15 is 0 Å². The summed E-state index contributed by atoms with van der Waals surface area (Å²) in [5.74, 6) is 0.262. The summed E-state index contributed by atoms with van der Waals surface area (Å²) < 4.78 is 43.2. The number of alkyl halides is 3. The Morgan fingerprint density at radius 1 is 1.20 bits per heavy atom. The van der Waals surface area contributed by atoms with Crippen LogP contribution in [0.1, 0.15) is 31.9 Å². The van der Waals surface area contributed by atoms with Crippen molar-refractivity contribution in [2.45, 2.75) is 32.7 Å². The summed E-state index contributed by atoms with van der Waals surface area (Å²) in [4.78, 5) is 2.24. The molecule has 3 nitrogen and oxygen atoms in total. The predicted octanol–water partition coefficient (Wildman–Crippen LogP) is 5.18. The first-order chi connectivity index (χ1) is 10.8. The third kappa shape index (κ3) is 7.91. The second-order valence-corrected chi connectivity index (χ2v) is 7.08. The van der Waals surface area contributed by atoms with Gasteiger partial charge in [0.2, 0.25) is 0 Å². The maximum atomic E-state index is 12.7. The summed E-state index contributed by atoms with van der Waals surface area (Å²) in [6.45, 7) is 7.48. The number of nitrogens with zero attached hydrogens (tertiary/aromatic N) is 1. The minimum Gasteiger partial charge on any atom is -0.405 e. The fourth-order valence-electron chi connectivity index (χ4n) is 2.91. The van der Waals surface area contributed by atoms with Gasteiger partial charge in [-0.2, -0.15) is 0 Å². The molecule has 0 bridgehead atoms. The summed E-state index contributed by atoms with van der Waals surface area (Å²) in [5.41, 5.74) is 0.590. The molecule has 0 unspecified atom stereocenters. The fraction of sp³-hybridized carbons (Fsp3) is 0.625. The van der Waals surface area contributed by atoms with E-state index in [4.69, 9.17) is 0 Å². The van der Waals surface area contributed by atoms with Gasteiger partial charge in [0.25, 0.3) is 0 Å². The average Bonchev–Trinajstić information content (AvgIpc) is 2.46. The van der Waals surface area contributed by atoms with Crippen LogP contribution in [0.5, 0.6) is 5.75 Å². The molecule has 0 spiro atoms. The Labute approximate surface area is 167 Å². The smallest absolute Gasteiger partial charge is 0.405 e. The molecule has 0 aromatic heterocycles. The maximum Gasteiger partial charge on any atom is 0.573 e. The van der Waals surface area contributed by atoms with Crippen molar-refractivity contribution in [1.29, 1.82) is 0 Å². The van der Waals surface area contributed by atoms with Gasteiger partial charge in [0.05, 0.1) is 0 Å². The molecule has 2 rings (SSSR count). The molecule has 1 atom stereocenters. The Kier molecular flexibility index (Phi) is 10.7. The monoisotopic (exact) mass is 466 g/mol.